The van der Waals surface area contributed by atoms with Gasteiger partial charge in [0.25, 0.3) is 0 Å². The van der Waals surface area contributed by atoms with E-state index in [9.17, 15) is 4.39 Å². The average Bonchev–Trinajstić information content (AvgIpc) is 2.03. The highest BCUT2D eigenvalue weighted by Gasteiger charge is 2.18. The van der Waals surface area contributed by atoms with Crippen molar-refractivity contribution in [3.05, 3.63) is 35.2 Å². The van der Waals surface area contributed by atoms with E-state index in [1.807, 2.05) is 0 Å². The quantitative estimate of drug-likeness (QED) is 0.432. The molecule has 0 aromatic rings. The maximum atomic E-state index is 13.3. The average molecular weight is 204 g/mol. The van der Waals surface area contributed by atoms with Crippen molar-refractivity contribution in [2.75, 3.05) is 7.11 Å². The third-order valence-electron chi connectivity index (χ3n) is 1.44. The molecule has 2 nitrogen and oxygen atoms in total. The lowest BCUT2D eigenvalue weighted by molar-refractivity contribution is 0.290. The summed E-state index contributed by atoms with van der Waals surface area (Å²) in [5.41, 5.74) is -0.0846. The number of hydrogen-bond acceptors (Lipinski definition) is 2. The Hall–Kier alpha value is -0.735. The first-order chi connectivity index (χ1) is 5.91. The summed E-state index contributed by atoms with van der Waals surface area (Å²) in [6.07, 6.45) is 0. The van der Waals surface area contributed by atoms with Crippen LogP contribution in [0.2, 0.25) is 6.82 Å². The molecule has 0 unspecified atom stereocenters. The third-order valence-corrected chi connectivity index (χ3v) is 1.61. The highest BCUT2D eigenvalue weighted by molar-refractivity contribution is 6.58. The van der Waals surface area contributed by atoms with E-state index in [1.54, 1.807) is 0 Å². The molecular formula is C8H11BClFO2. The second-order valence-electron chi connectivity index (χ2n) is 2.45. The van der Waals surface area contributed by atoms with Crippen molar-refractivity contribution in [2.45, 2.75) is 6.82 Å². The minimum absolute atomic E-state index is 0.0678. The van der Waals surface area contributed by atoms with E-state index in [2.05, 4.69) is 17.9 Å². The Bertz CT molecular complexity index is 261. The Morgan fingerprint density at radius 2 is 2.00 bits per heavy atom. The zero-order valence-corrected chi connectivity index (χ0v) is 8.36. The fraction of sp³-hybridized carbons (Fsp3) is 0.250. The van der Waals surface area contributed by atoms with Crippen LogP contribution in [0.5, 0.6) is 0 Å². The lowest BCUT2D eigenvalue weighted by Gasteiger charge is -2.08. The van der Waals surface area contributed by atoms with Gasteiger partial charge in [0.1, 0.15) is 0 Å². The van der Waals surface area contributed by atoms with Crippen LogP contribution in [0.3, 0.4) is 0 Å². The normalized spacial score (nSPS) is 11.8. The second kappa shape index (κ2) is 5.09. The highest BCUT2D eigenvalue weighted by Crippen LogP contribution is 2.23. The molecule has 1 N–H and O–H groups in total. The predicted octanol–water partition coefficient (Wildman–Crippen LogP) is 2.28. The van der Waals surface area contributed by atoms with Crippen LogP contribution in [0.1, 0.15) is 0 Å². The molecule has 0 spiro atoms. The van der Waals surface area contributed by atoms with Gasteiger partial charge in [0.2, 0.25) is 0 Å². The summed E-state index contributed by atoms with van der Waals surface area (Å²) in [6, 6.07) is 0. The molecule has 0 fully saturated rings. The lowest BCUT2D eigenvalue weighted by Crippen LogP contribution is -2.11. The molecule has 0 amide bonds. The first-order valence-corrected chi connectivity index (χ1v) is 3.95. The van der Waals surface area contributed by atoms with Crippen molar-refractivity contribution in [1.82, 2.24) is 0 Å². The monoisotopic (exact) mass is 204 g/mol. The third kappa shape index (κ3) is 3.24. The van der Waals surface area contributed by atoms with Crippen LogP contribution in [0, 0.1) is 0 Å². The van der Waals surface area contributed by atoms with Gasteiger partial charge in [-0.25, -0.2) is 4.39 Å². The Kier molecular flexibility index (Phi) is 4.81. The standard InChI is InChI=1S/C8H11BClFO2/c1-5(9(3)12)7(11)8(13-4)6(2)10/h12H,1-2H2,3-4H3/b8-7-. The smallest absolute Gasteiger partial charge is 0.322 e. The van der Waals surface area contributed by atoms with Crippen LogP contribution in [0.15, 0.2) is 35.2 Å². The van der Waals surface area contributed by atoms with E-state index in [-0.39, 0.29) is 16.3 Å². The van der Waals surface area contributed by atoms with Gasteiger partial charge in [0, 0.05) is 0 Å². The molecule has 0 bridgehead atoms. The fourth-order valence-electron chi connectivity index (χ4n) is 0.649. The topological polar surface area (TPSA) is 29.5 Å². The molecule has 0 aliphatic carbocycles. The maximum Gasteiger partial charge on any atom is 0.322 e. The number of halogens is 2. The molecule has 0 saturated carbocycles. The molecule has 0 aliphatic rings. The Labute approximate surface area is 82.5 Å². The van der Waals surface area contributed by atoms with E-state index < -0.39 is 12.7 Å². The summed E-state index contributed by atoms with van der Waals surface area (Å²) in [5.74, 6) is -0.981. The van der Waals surface area contributed by atoms with Crippen LogP contribution < -0.4 is 0 Å². The fourth-order valence-corrected chi connectivity index (χ4v) is 0.809. The number of allylic oxidation sites excluding steroid dienone is 3. The Balaban J connectivity index is 4.97. The lowest BCUT2D eigenvalue weighted by atomic mass is 9.63. The summed E-state index contributed by atoms with van der Waals surface area (Å²) >= 11 is 5.45. The first-order valence-electron chi connectivity index (χ1n) is 3.57. The number of rotatable bonds is 4. The summed E-state index contributed by atoms with van der Waals surface area (Å²) < 4.78 is 18.0. The van der Waals surface area contributed by atoms with Crippen LogP contribution in [-0.4, -0.2) is 19.0 Å². The van der Waals surface area contributed by atoms with Gasteiger partial charge in [-0.15, -0.1) is 0 Å². The van der Waals surface area contributed by atoms with Crippen LogP contribution in [0.25, 0.3) is 0 Å². The van der Waals surface area contributed by atoms with E-state index in [1.165, 1.54) is 13.9 Å². The molecule has 0 rings (SSSR count). The van der Waals surface area contributed by atoms with Gasteiger partial charge in [-0.3, -0.25) is 0 Å². The number of hydrogen-bond donors (Lipinski definition) is 1. The van der Waals surface area contributed by atoms with Gasteiger partial charge in [-0.2, -0.15) is 0 Å². The van der Waals surface area contributed by atoms with Gasteiger partial charge < -0.3 is 9.76 Å². The zero-order valence-electron chi connectivity index (χ0n) is 7.60. The van der Waals surface area contributed by atoms with Gasteiger partial charge >= 0.3 is 6.92 Å². The molecule has 72 valence electrons. The van der Waals surface area contributed by atoms with Crippen LogP contribution in [0.4, 0.5) is 4.39 Å². The largest absolute Gasteiger partial charge is 0.492 e. The van der Waals surface area contributed by atoms with Crippen molar-refractivity contribution in [3.8, 4) is 0 Å². The summed E-state index contributed by atoms with van der Waals surface area (Å²) in [4.78, 5) is 0. The van der Waals surface area contributed by atoms with E-state index in [0.29, 0.717) is 0 Å². The molecule has 0 aliphatic heterocycles. The van der Waals surface area contributed by atoms with Gasteiger partial charge in [0.15, 0.2) is 11.6 Å². The predicted molar refractivity (Wildman–Crippen MR) is 53.1 cm³/mol. The maximum absolute atomic E-state index is 13.3. The molecule has 0 aromatic carbocycles. The number of ether oxygens (including phenoxy) is 1. The molecule has 0 radical (unpaired) electrons. The molecule has 0 aromatic heterocycles. The summed E-state index contributed by atoms with van der Waals surface area (Å²) in [7, 11) is 1.26. The van der Waals surface area contributed by atoms with E-state index >= 15 is 0 Å². The molecule has 0 atom stereocenters. The zero-order chi connectivity index (χ0) is 10.6. The minimum Gasteiger partial charge on any atom is -0.492 e. The molecule has 0 saturated heterocycles. The van der Waals surface area contributed by atoms with Gasteiger partial charge in [-0.1, -0.05) is 31.6 Å². The van der Waals surface area contributed by atoms with Crippen molar-refractivity contribution in [2.24, 2.45) is 0 Å². The van der Waals surface area contributed by atoms with E-state index in [0.717, 1.165) is 0 Å². The van der Waals surface area contributed by atoms with Crippen molar-refractivity contribution >= 4 is 18.5 Å². The Morgan fingerprint density at radius 3 is 2.23 bits per heavy atom. The molecule has 0 heterocycles. The molecule has 13 heavy (non-hydrogen) atoms. The van der Waals surface area contributed by atoms with Crippen molar-refractivity contribution < 1.29 is 14.2 Å². The minimum atomic E-state index is -0.985. The van der Waals surface area contributed by atoms with E-state index in [4.69, 9.17) is 16.6 Å². The second-order valence-corrected chi connectivity index (χ2v) is 2.91. The summed E-state index contributed by atoms with van der Waals surface area (Å²) in [6.45, 7) is 7.06. The van der Waals surface area contributed by atoms with Crippen LogP contribution >= 0.6 is 11.6 Å². The van der Waals surface area contributed by atoms with Gasteiger partial charge in [-0.05, 0) is 5.47 Å². The summed E-state index contributed by atoms with van der Waals surface area (Å²) in [5, 5.41) is 8.95. The molecule has 5 heteroatoms. The van der Waals surface area contributed by atoms with Crippen molar-refractivity contribution in [1.29, 1.82) is 0 Å². The Morgan fingerprint density at radius 1 is 1.54 bits per heavy atom. The van der Waals surface area contributed by atoms with Gasteiger partial charge in [0.05, 0.1) is 12.1 Å². The highest BCUT2D eigenvalue weighted by atomic mass is 35.5. The first kappa shape index (κ1) is 12.3. The number of methoxy groups -OCH3 is 1. The SMILES string of the molecule is C=C(B(C)O)/C(F)=C(/OC)C(=C)Cl. The van der Waals surface area contributed by atoms with Crippen molar-refractivity contribution in [3.63, 3.8) is 0 Å². The molecular weight excluding hydrogens is 193 g/mol. The van der Waals surface area contributed by atoms with Crippen LogP contribution in [-0.2, 0) is 4.74 Å².